The highest BCUT2D eigenvalue weighted by Crippen LogP contribution is 2.23. The quantitative estimate of drug-likeness (QED) is 0.422. The highest BCUT2D eigenvalue weighted by Gasteiger charge is 2.10. The lowest BCUT2D eigenvalue weighted by molar-refractivity contribution is 0.0735. The lowest BCUT2D eigenvalue weighted by Crippen LogP contribution is -2.08. The highest BCUT2D eigenvalue weighted by molar-refractivity contribution is 5.92. The minimum Gasteiger partial charge on any atom is -0.497 e. The molecule has 5 nitrogen and oxygen atoms in total. The minimum atomic E-state index is -0.498. The van der Waals surface area contributed by atoms with Gasteiger partial charge in [0.2, 0.25) is 0 Å². The van der Waals surface area contributed by atoms with Crippen molar-refractivity contribution in [1.82, 2.24) is 0 Å². The first-order valence-corrected chi connectivity index (χ1v) is 6.97. The molecule has 0 bridgehead atoms. The van der Waals surface area contributed by atoms with Crippen LogP contribution in [0.2, 0.25) is 0 Å². The molecule has 0 unspecified atom stereocenters. The van der Waals surface area contributed by atoms with Gasteiger partial charge >= 0.3 is 11.6 Å². The first-order chi connectivity index (χ1) is 11.1. The zero-order chi connectivity index (χ0) is 16.4. The van der Waals surface area contributed by atoms with Gasteiger partial charge in [0, 0.05) is 17.5 Å². The second-order valence-electron chi connectivity index (χ2n) is 5.02. The summed E-state index contributed by atoms with van der Waals surface area (Å²) in [6, 6.07) is 13.0. The van der Waals surface area contributed by atoms with Crippen LogP contribution in [0.25, 0.3) is 11.0 Å². The molecule has 5 heteroatoms. The van der Waals surface area contributed by atoms with Gasteiger partial charge in [-0.25, -0.2) is 9.59 Å². The van der Waals surface area contributed by atoms with Gasteiger partial charge in [-0.3, -0.25) is 0 Å². The number of aryl methyl sites for hydroxylation is 1. The Labute approximate surface area is 132 Å². The predicted octanol–water partition coefficient (Wildman–Crippen LogP) is 3.33. The average Bonchev–Trinajstić information content (AvgIpc) is 2.54. The maximum absolute atomic E-state index is 12.1. The van der Waals surface area contributed by atoms with Gasteiger partial charge in [-0.15, -0.1) is 0 Å². The van der Waals surface area contributed by atoms with Crippen LogP contribution in [0.3, 0.4) is 0 Å². The van der Waals surface area contributed by atoms with Gasteiger partial charge < -0.3 is 13.9 Å². The van der Waals surface area contributed by atoms with Crippen molar-refractivity contribution in [3.05, 3.63) is 70.1 Å². The molecule has 0 atom stereocenters. The number of hydrogen-bond donors (Lipinski definition) is 0. The molecule has 1 aromatic heterocycles. The normalized spacial score (nSPS) is 10.5. The fourth-order valence-electron chi connectivity index (χ4n) is 2.26. The van der Waals surface area contributed by atoms with E-state index in [0.717, 1.165) is 10.9 Å². The molecule has 23 heavy (non-hydrogen) atoms. The third-order valence-electron chi connectivity index (χ3n) is 3.46. The summed E-state index contributed by atoms with van der Waals surface area (Å²) < 4.78 is 15.5. The molecule has 0 spiro atoms. The number of fused-ring (bicyclic) bond motifs is 1. The van der Waals surface area contributed by atoms with Crippen molar-refractivity contribution in [1.29, 1.82) is 0 Å². The van der Waals surface area contributed by atoms with E-state index in [1.807, 2.05) is 6.92 Å². The van der Waals surface area contributed by atoms with Crippen LogP contribution < -0.4 is 15.1 Å². The van der Waals surface area contributed by atoms with Crippen molar-refractivity contribution in [2.45, 2.75) is 6.92 Å². The first kappa shape index (κ1) is 14.8. The Kier molecular flexibility index (Phi) is 3.85. The lowest BCUT2D eigenvalue weighted by atomic mass is 10.1. The molecule has 1 heterocycles. The van der Waals surface area contributed by atoms with Gasteiger partial charge in [0.25, 0.3) is 0 Å². The topological polar surface area (TPSA) is 65.7 Å². The molecule has 0 amide bonds. The third-order valence-corrected chi connectivity index (χ3v) is 3.46. The molecule has 0 aliphatic carbocycles. The molecular formula is C18H14O5. The summed E-state index contributed by atoms with van der Waals surface area (Å²) in [5.41, 5.74) is 1.16. The Hall–Kier alpha value is -3.08. The van der Waals surface area contributed by atoms with Crippen LogP contribution in [0, 0.1) is 6.92 Å². The number of rotatable bonds is 3. The number of esters is 1. The fourth-order valence-corrected chi connectivity index (χ4v) is 2.26. The Morgan fingerprint density at radius 3 is 2.39 bits per heavy atom. The Morgan fingerprint density at radius 2 is 1.70 bits per heavy atom. The van der Waals surface area contributed by atoms with Gasteiger partial charge in [0.05, 0.1) is 12.7 Å². The summed E-state index contributed by atoms with van der Waals surface area (Å²) in [4.78, 5) is 23.6. The van der Waals surface area contributed by atoms with Crippen molar-refractivity contribution < 1.29 is 18.7 Å². The number of hydrogen-bond acceptors (Lipinski definition) is 5. The zero-order valence-electron chi connectivity index (χ0n) is 12.7. The van der Waals surface area contributed by atoms with Crippen molar-refractivity contribution in [2.24, 2.45) is 0 Å². The van der Waals surface area contributed by atoms with Crippen LogP contribution in [-0.4, -0.2) is 13.1 Å². The van der Waals surface area contributed by atoms with Crippen molar-refractivity contribution in [3.63, 3.8) is 0 Å². The summed E-state index contributed by atoms with van der Waals surface area (Å²) in [7, 11) is 1.55. The average molecular weight is 310 g/mol. The first-order valence-electron chi connectivity index (χ1n) is 6.97. The van der Waals surface area contributed by atoms with Crippen LogP contribution in [0.1, 0.15) is 15.9 Å². The van der Waals surface area contributed by atoms with E-state index in [0.29, 0.717) is 22.6 Å². The molecule has 3 aromatic rings. The highest BCUT2D eigenvalue weighted by atomic mass is 16.5. The summed E-state index contributed by atoms with van der Waals surface area (Å²) >= 11 is 0. The molecule has 0 fully saturated rings. The van der Waals surface area contributed by atoms with Crippen LogP contribution >= 0.6 is 0 Å². The van der Waals surface area contributed by atoms with Crippen molar-refractivity contribution in [3.8, 4) is 11.5 Å². The van der Waals surface area contributed by atoms with Crippen molar-refractivity contribution in [2.75, 3.05) is 7.11 Å². The second kappa shape index (κ2) is 5.96. The van der Waals surface area contributed by atoms with E-state index in [9.17, 15) is 9.59 Å². The van der Waals surface area contributed by atoms with E-state index < -0.39 is 11.6 Å². The van der Waals surface area contributed by atoms with Gasteiger partial charge in [-0.05, 0) is 48.9 Å². The van der Waals surface area contributed by atoms with E-state index in [4.69, 9.17) is 13.9 Å². The van der Waals surface area contributed by atoms with E-state index >= 15 is 0 Å². The molecule has 116 valence electrons. The fraction of sp³-hybridized carbons (Fsp3) is 0.111. The van der Waals surface area contributed by atoms with E-state index in [1.165, 1.54) is 12.1 Å². The second-order valence-corrected chi connectivity index (χ2v) is 5.02. The van der Waals surface area contributed by atoms with E-state index in [2.05, 4.69) is 0 Å². The number of carbonyl (C=O) groups excluding carboxylic acids is 1. The third kappa shape index (κ3) is 3.08. The molecule has 0 aliphatic heterocycles. The van der Waals surface area contributed by atoms with Crippen LogP contribution in [0.15, 0.2) is 57.7 Å². The molecular weight excluding hydrogens is 296 g/mol. The monoisotopic (exact) mass is 310 g/mol. The number of ether oxygens (including phenoxy) is 2. The van der Waals surface area contributed by atoms with Crippen LogP contribution in [-0.2, 0) is 0 Å². The molecule has 0 radical (unpaired) electrons. The number of methoxy groups -OCH3 is 1. The zero-order valence-corrected chi connectivity index (χ0v) is 12.7. The summed E-state index contributed by atoms with van der Waals surface area (Å²) in [5, 5.41) is 0.800. The van der Waals surface area contributed by atoms with Gasteiger partial charge in [0.1, 0.15) is 17.1 Å². The van der Waals surface area contributed by atoms with E-state index in [-0.39, 0.29) is 0 Å². The smallest absolute Gasteiger partial charge is 0.343 e. The number of carbonyl (C=O) groups is 1. The summed E-state index contributed by atoms with van der Waals surface area (Å²) in [6.45, 7) is 1.82. The van der Waals surface area contributed by atoms with Gasteiger partial charge in [-0.1, -0.05) is 0 Å². The van der Waals surface area contributed by atoms with Crippen LogP contribution in [0.4, 0.5) is 0 Å². The Morgan fingerprint density at radius 1 is 1.00 bits per heavy atom. The van der Waals surface area contributed by atoms with Crippen LogP contribution in [0.5, 0.6) is 11.5 Å². The van der Waals surface area contributed by atoms with Gasteiger partial charge in [0.15, 0.2) is 0 Å². The van der Waals surface area contributed by atoms with Gasteiger partial charge in [-0.2, -0.15) is 0 Å². The Bertz CT molecular complexity index is 922. The largest absolute Gasteiger partial charge is 0.497 e. The molecule has 2 aromatic carbocycles. The SMILES string of the molecule is COc1ccc(C(=O)Oc2ccc3c(C)cc(=O)oc3c2)cc1. The maximum atomic E-state index is 12.1. The van der Waals surface area contributed by atoms with E-state index in [1.54, 1.807) is 43.5 Å². The predicted molar refractivity (Wildman–Crippen MR) is 85.2 cm³/mol. The molecule has 0 saturated heterocycles. The molecule has 0 saturated carbocycles. The number of benzene rings is 2. The summed E-state index contributed by atoms with van der Waals surface area (Å²) in [6.07, 6.45) is 0. The summed E-state index contributed by atoms with van der Waals surface area (Å²) in [5.74, 6) is 0.471. The molecule has 0 aliphatic rings. The minimum absolute atomic E-state index is 0.312. The Balaban J connectivity index is 1.88. The standard InChI is InChI=1S/C18H14O5/c1-11-9-17(19)23-16-10-14(7-8-15(11)16)22-18(20)12-3-5-13(21-2)6-4-12/h3-10H,1-2H3. The lowest BCUT2D eigenvalue weighted by Gasteiger charge is -2.06. The molecule has 3 rings (SSSR count). The molecule has 0 N–H and O–H groups in total. The van der Waals surface area contributed by atoms with Crippen molar-refractivity contribution >= 4 is 16.9 Å². The maximum Gasteiger partial charge on any atom is 0.343 e.